The zero-order valence-electron chi connectivity index (χ0n) is 12.6. The molecule has 0 spiro atoms. The molecule has 2 aliphatic rings. The first-order chi connectivity index (χ1) is 9.39. The van der Waals surface area contributed by atoms with Gasteiger partial charge in [-0.2, -0.15) is 0 Å². The summed E-state index contributed by atoms with van der Waals surface area (Å²) in [5, 5.41) is 4.30. The smallest absolute Gasteiger partial charge is 0.184 e. The van der Waals surface area contributed by atoms with Crippen molar-refractivity contribution >= 4 is 17.3 Å². The van der Waals surface area contributed by atoms with Crippen molar-refractivity contribution in [2.75, 3.05) is 6.54 Å². The Labute approximate surface area is 126 Å². The second-order valence-corrected chi connectivity index (χ2v) is 6.92. The predicted octanol–water partition coefficient (Wildman–Crippen LogP) is 3.38. The molecule has 0 aromatic heterocycles. The van der Waals surface area contributed by atoms with Gasteiger partial charge in [-0.15, -0.1) is 0 Å². The van der Waals surface area contributed by atoms with Gasteiger partial charge in [0.1, 0.15) is 5.75 Å². The Morgan fingerprint density at radius 2 is 2.25 bits per heavy atom. The molecule has 2 aliphatic heterocycles. The maximum atomic E-state index is 6.33. The van der Waals surface area contributed by atoms with Gasteiger partial charge in [0, 0.05) is 18.5 Å². The first kappa shape index (κ1) is 13.7. The highest BCUT2D eigenvalue weighted by Gasteiger charge is 2.47. The average molecular weight is 290 g/mol. The molecule has 1 aromatic carbocycles. The number of thiocarbonyl (C=S) groups is 1. The fourth-order valence-corrected chi connectivity index (χ4v) is 3.59. The Morgan fingerprint density at radius 1 is 1.50 bits per heavy atom. The number of hydrogen-bond donors (Lipinski definition) is 1. The van der Waals surface area contributed by atoms with Crippen molar-refractivity contribution in [2.45, 2.75) is 45.9 Å². The summed E-state index contributed by atoms with van der Waals surface area (Å²) in [5.41, 5.74) is 2.15. The van der Waals surface area contributed by atoms with E-state index in [0.29, 0.717) is 5.92 Å². The second-order valence-electron chi connectivity index (χ2n) is 6.53. The molecular weight excluding hydrogens is 268 g/mol. The van der Waals surface area contributed by atoms with Crippen LogP contribution in [0.5, 0.6) is 5.75 Å². The molecule has 20 heavy (non-hydrogen) atoms. The van der Waals surface area contributed by atoms with Crippen LogP contribution in [-0.4, -0.2) is 22.3 Å². The summed E-state index contributed by atoms with van der Waals surface area (Å²) >= 11 is 5.57. The van der Waals surface area contributed by atoms with E-state index in [-0.39, 0.29) is 11.8 Å². The molecule has 1 fully saturated rings. The average Bonchev–Trinajstić information content (AvgIpc) is 2.35. The van der Waals surface area contributed by atoms with Crippen LogP contribution in [0.3, 0.4) is 0 Å². The molecule has 108 valence electrons. The Kier molecular flexibility index (Phi) is 3.16. The fraction of sp³-hybridized carbons (Fsp3) is 0.562. The highest BCUT2D eigenvalue weighted by atomic mass is 32.1. The molecular formula is C16H22N2OS. The van der Waals surface area contributed by atoms with E-state index in [4.69, 9.17) is 17.0 Å². The second kappa shape index (κ2) is 4.62. The monoisotopic (exact) mass is 290 g/mol. The summed E-state index contributed by atoms with van der Waals surface area (Å²) in [5.74, 6) is 1.53. The van der Waals surface area contributed by atoms with Gasteiger partial charge in [-0.25, -0.2) is 0 Å². The Hall–Kier alpha value is -1.29. The molecule has 2 unspecified atom stereocenters. The summed E-state index contributed by atoms with van der Waals surface area (Å²) in [6.45, 7) is 9.59. The molecule has 4 heteroatoms. The van der Waals surface area contributed by atoms with Gasteiger partial charge in [0.15, 0.2) is 10.8 Å². The maximum Gasteiger partial charge on any atom is 0.184 e. The highest BCUT2D eigenvalue weighted by Crippen LogP contribution is 2.44. The van der Waals surface area contributed by atoms with Crippen molar-refractivity contribution in [1.29, 1.82) is 0 Å². The number of fused-ring (bicyclic) bond motifs is 4. The van der Waals surface area contributed by atoms with E-state index in [1.807, 2.05) is 0 Å². The third-order valence-corrected chi connectivity index (χ3v) is 4.45. The number of aryl methyl sites for hydroxylation is 1. The van der Waals surface area contributed by atoms with Crippen molar-refractivity contribution < 1.29 is 4.74 Å². The van der Waals surface area contributed by atoms with Gasteiger partial charge in [-0.05, 0) is 38.0 Å². The highest BCUT2D eigenvalue weighted by molar-refractivity contribution is 7.80. The van der Waals surface area contributed by atoms with Crippen molar-refractivity contribution in [3.63, 3.8) is 0 Å². The van der Waals surface area contributed by atoms with Crippen molar-refractivity contribution in [3.8, 4) is 5.75 Å². The molecule has 0 saturated carbocycles. The molecule has 1 aromatic rings. The van der Waals surface area contributed by atoms with Gasteiger partial charge in [-0.3, -0.25) is 0 Å². The number of ether oxygens (including phenoxy) is 1. The van der Waals surface area contributed by atoms with Gasteiger partial charge in [0.25, 0.3) is 0 Å². The van der Waals surface area contributed by atoms with Gasteiger partial charge in [0.05, 0.1) is 6.04 Å². The summed E-state index contributed by atoms with van der Waals surface area (Å²) in [6.07, 6.45) is 0.927. The fourth-order valence-electron chi connectivity index (χ4n) is 3.18. The molecule has 0 amide bonds. The Morgan fingerprint density at radius 3 is 2.95 bits per heavy atom. The van der Waals surface area contributed by atoms with Crippen LogP contribution in [0.4, 0.5) is 0 Å². The van der Waals surface area contributed by atoms with Crippen LogP contribution < -0.4 is 10.1 Å². The molecule has 3 rings (SSSR count). The standard InChI is InChI=1S/C16H22N2OS/c1-10(2)9-18-15(20)17-13-8-16(18,4)19-14-6-5-11(3)7-12(13)14/h5-7,10,13H,8-9H2,1-4H3,(H,17,20). The van der Waals surface area contributed by atoms with E-state index in [0.717, 1.165) is 23.8 Å². The van der Waals surface area contributed by atoms with Crippen molar-refractivity contribution in [3.05, 3.63) is 29.3 Å². The SMILES string of the molecule is Cc1ccc2c(c1)C1CC(C)(O2)N(CC(C)C)C(=S)N1. The van der Waals surface area contributed by atoms with Gasteiger partial charge in [-0.1, -0.05) is 31.5 Å². The number of nitrogens with zero attached hydrogens (tertiary/aromatic N) is 1. The Balaban J connectivity index is 2.00. The van der Waals surface area contributed by atoms with Crippen LogP contribution in [0.2, 0.25) is 0 Å². The van der Waals surface area contributed by atoms with Crippen LogP contribution in [0.1, 0.15) is 44.4 Å². The van der Waals surface area contributed by atoms with Crippen LogP contribution in [0.25, 0.3) is 0 Å². The summed E-state index contributed by atoms with van der Waals surface area (Å²) in [7, 11) is 0. The lowest BCUT2D eigenvalue weighted by atomic mass is 9.89. The molecule has 2 atom stereocenters. The molecule has 0 radical (unpaired) electrons. The third-order valence-electron chi connectivity index (χ3n) is 4.11. The summed E-state index contributed by atoms with van der Waals surface area (Å²) in [4.78, 5) is 2.20. The number of hydrogen-bond acceptors (Lipinski definition) is 2. The minimum Gasteiger partial charge on any atom is -0.468 e. The third kappa shape index (κ3) is 2.16. The number of rotatable bonds is 2. The predicted molar refractivity (Wildman–Crippen MR) is 84.8 cm³/mol. The van der Waals surface area contributed by atoms with Gasteiger partial charge < -0.3 is 15.0 Å². The lowest BCUT2D eigenvalue weighted by Crippen LogP contribution is -2.65. The topological polar surface area (TPSA) is 24.5 Å². The molecule has 2 heterocycles. The summed E-state index contributed by atoms with van der Waals surface area (Å²) < 4.78 is 6.33. The summed E-state index contributed by atoms with van der Waals surface area (Å²) in [6, 6.07) is 6.65. The lowest BCUT2D eigenvalue weighted by molar-refractivity contribution is -0.0721. The Bertz CT molecular complexity index is 557. The van der Waals surface area contributed by atoms with E-state index < -0.39 is 0 Å². The molecule has 2 bridgehead atoms. The van der Waals surface area contributed by atoms with E-state index in [1.54, 1.807) is 0 Å². The zero-order valence-corrected chi connectivity index (χ0v) is 13.4. The molecule has 1 saturated heterocycles. The zero-order chi connectivity index (χ0) is 14.5. The van der Waals surface area contributed by atoms with Crippen LogP contribution in [0, 0.1) is 12.8 Å². The quantitative estimate of drug-likeness (QED) is 0.844. The van der Waals surface area contributed by atoms with E-state index in [2.05, 4.69) is 56.1 Å². The van der Waals surface area contributed by atoms with E-state index in [1.165, 1.54) is 11.1 Å². The van der Waals surface area contributed by atoms with Crippen molar-refractivity contribution in [1.82, 2.24) is 10.2 Å². The number of benzene rings is 1. The first-order valence-corrected chi connectivity index (χ1v) is 7.67. The normalized spacial score (nSPS) is 27.9. The largest absolute Gasteiger partial charge is 0.468 e. The van der Waals surface area contributed by atoms with E-state index >= 15 is 0 Å². The molecule has 3 nitrogen and oxygen atoms in total. The van der Waals surface area contributed by atoms with E-state index in [9.17, 15) is 0 Å². The van der Waals surface area contributed by atoms with Crippen LogP contribution in [-0.2, 0) is 0 Å². The minimum atomic E-state index is -0.334. The lowest BCUT2D eigenvalue weighted by Gasteiger charge is -2.52. The van der Waals surface area contributed by atoms with Crippen LogP contribution >= 0.6 is 12.2 Å². The van der Waals surface area contributed by atoms with Crippen LogP contribution in [0.15, 0.2) is 18.2 Å². The van der Waals surface area contributed by atoms with Gasteiger partial charge >= 0.3 is 0 Å². The molecule has 1 N–H and O–H groups in total. The first-order valence-electron chi connectivity index (χ1n) is 7.27. The number of nitrogens with one attached hydrogen (secondary N) is 1. The van der Waals surface area contributed by atoms with Crippen molar-refractivity contribution in [2.24, 2.45) is 5.92 Å². The van der Waals surface area contributed by atoms with Gasteiger partial charge in [0.2, 0.25) is 0 Å². The maximum absolute atomic E-state index is 6.33. The minimum absolute atomic E-state index is 0.263. The molecule has 0 aliphatic carbocycles.